The van der Waals surface area contributed by atoms with Gasteiger partial charge < -0.3 is 14.5 Å². The number of halogens is 2. The van der Waals surface area contributed by atoms with E-state index in [1.807, 2.05) is 11.4 Å². The molecular formula is C28H30ClFN2O3S. The molecule has 190 valence electrons. The van der Waals surface area contributed by atoms with Gasteiger partial charge in [-0.2, -0.15) is 0 Å². The van der Waals surface area contributed by atoms with Gasteiger partial charge in [0.25, 0.3) is 5.91 Å². The summed E-state index contributed by atoms with van der Waals surface area (Å²) in [5.74, 6) is -0.442. The molecule has 4 rings (SSSR count). The third-order valence-electron chi connectivity index (χ3n) is 6.56. The molecule has 8 heteroatoms. The number of hydrogen-bond acceptors (Lipinski definition) is 4. The predicted molar refractivity (Wildman–Crippen MR) is 141 cm³/mol. The van der Waals surface area contributed by atoms with Gasteiger partial charge >= 0.3 is 0 Å². The molecule has 3 aromatic rings. The van der Waals surface area contributed by atoms with Gasteiger partial charge in [-0.15, -0.1) is 11.3 Å². The smallest absolute Gasteiger partial charge is 0.254 e. The molecule has 0 unspecified atom stereocenters. The molecule has 0 saturated carbocycles. The van der Waals surface area contributed by atoms with Crippen molar-refractivity contribution < 1.29 is 18.7 Å². The molecule has 2 aromatic carbocycles. The van der Waals surface area contributed by atoms with Gasteiger partial charge in [-0.05, 0) is 59.7 Å². The van der Waals surface area contributed by atoms with Crippen molar-refractivity contribution in [2.45, 2.75) is 32.7 Å². The Labute approximate surface area is 220 Å². The van der Waals surface area contributed by atoms with Gasteiger partial charge in [-0.25, -0.2) is 4.39 Å². The second kappa shape index (κ2) is 11.9. The van der Waals surface area contributed by atoms with Gasteiger partial charge in [0.15, 0.2) is 11.6 Å². The fourth-order valence-corrected chi connectivity index (χ4v) is 5.51. The molecule has 0 saturated heterocycles. The Morgan fingerprint density at radius 1 is 1.22 bits per heavy atom. The highest BCUT2D eigenvalue weighted by Crippen LogP contribution is 2.34. The molecule has 2 heterocycles. The number of hydrogen-bond donors (Lipinski definition) is 0. The van der Waals surface area contributed by atoms with Gasteiger partial charge in [0.05, 0.1) is 6.04 Å². The van der Waals surface area contributed by atoms with Crippen LogP contribution in [0.1, 0.15) is 47.1 Å². The van der Waals surface area contributed by atoms with Crippen LogP contribution in [0, 0.1) is 11.7 Å². The van der Waals surface area contributed by atoms with Crippen molar-refractivity contribution in [2.75, 3.05) is 26.2 Å². The number of carbonyl (C=O) groups excluding carboxylic acids is 2. The first-order chi connectivity index (χ1) is 17.4. The van der Waals surface area contributed by atoms with E-state index < -0.39 is 5.82 Å². The lowest BCUT2D eigenvalue weighted by Crippen LogP contribution is -2.48. The third-order valence-corrected chi connectivity index (χ3v) is 7.79. The zero-order valence-corrected chi connectivity index (χ0v) is 22.0. The highest BCUT2D eigenvalue weighted by Gasteiger charge is 2.34. The summed E-state index contributed by atoms with van der Waals surface area (Å²) >= 11 is 7.77. The Kier molecular flexibility index (Phi) is 8.64. The first-order valence-corrected chi connectivity index (χ1v) is 13.4. The van der Waals surface area contributed by atoms with E-state index in [-0.39, 0.29) is 42.7 Å². The number of nitrogens with zero attached hydrogens (tertiary/aromatic N) is 2. The number of carbonyl (C=O) groups is 2. The quantitative estimate of drug-likeness (QED) is 0.330. The van der Waals surface area contributed by atoms with Gasteiger partial charge in [-0.3, -0.25) is 9.59 Å². The number of ether oxygens (including phenoxy) is 1. The molecule has 0 bridgehead atoms. The summed E-state index contributed by atoms with van der Waals surface area (Å²) in [6, 6.07) is 14.7. The molecule has 5 nitrogen and oxygen atoms in total. The molecular weight excluding hydrogens is 499 g/mol. The average molecular weight is 529 g/mol. The van der Waals surface area contributed by atoms with Crippen LogP contribution in [0.5, 0.6) is 5.75 Å². The summed E-state index contributed by atoms with van der Waals surface area (Å²) in [5, 5.41) is 2.48. The maximum absolute atomic E-state index is 14.2. The maximum atomic E-state index is 14.2. The highest BCUT2D eigenvalue weighted by atomic mass is 35.5. The van der Waals surface area contributed by atoms with Crippen LogP contribution in [0.2, 0.25) is 5.02 Å². The fraction of sp³-hybridized carbons (Fsp3) is 0.357. The normalized spacial score (nSPS) is 15.8. The van der Waals surface area contributed by atoms with E-state index in [1.165, 1.54) is 10.9 Å². The summed E-state index contributed by atoms with van der Waals surface area (Å²) < 4.78 is 20.0. The van der Waals surface area contributed by atoms with E-state index in [4.69, 9.17) is 16.3 Å². The molecule has 1 aliphatic heterocycles. The number of rotatable bonds is 9. The number of benzene rings is 2. The largest absolute Gasteiger partial charge is 0.488 e. The van der Waals surface area contributed by atoms with Gasteiger partial charge in [0, 0.05) is 28.6 Å². The third kappa shape index (κ3) is 6.08. The molecule has 2 atom stereocenters. The second-order valence-corrected chi connectivity index (χ2v) is 10.5. The minimum atomic E-state index is -0.441. The Morgan fingerprint density at radius 2 is 2.03 bits per heavy atom. The number of para-hydroxylation sites is 1. The molecule has 0 aliphatic carbocycles. The van der Waals surface area contributed by atoms with Crippen molar-refractivity contribution in [3.8, 4) is 5.75 Å². The Balaban J connectivity index is 1.55. The van der Waals surface area contributed by atoms with Crippen LogP contribution in [0.25, 0.3) is 0 Å². The van der Waals surface area contributed by atoms with Crippen molar-refractivity contribution in [1.29, 1.82) is 0 Å². The SMILES string of the molecule is CC[C@H](C)CN(CC(=O)N1CCc2sccc2[C@@H]1COc1ccccc1F)C(=O)c1cccc(Cl)c1. The van der Waals surface area contributed by atoms with Crippen molar-refractivity contribution >= 4 is 34.8 Å². The van der Waals surface area contributed by atoms with Crippen LogP contribution < -0.4 is 4.74 Å². The van der Waals surface area contributed by atoms with Crippen molar-refractivity contribution in [2.24, 2.45) is 5.92 Å². The van der Waals surface area contributed by atoms with E-state index in [0.717, 1.165) is 18.4 Å². The zero-order valence-electron chi connectivity index (χ0n) is 20.5. The molecule has 0 radical (unpaired) electrons. The molecule has 0 spiro atoms. The Morgan fingerprint density at radius 3 is 2.78 bits per heavy atom. The minimum absolute atomic E-state index is 0.0502. The molecule has 1 aromatic heterocycles. The lowest BCUT2D eigenvalue weighted by Gasteiger charge is -2.37. The second-order valence-electron chi connectivity index (χ2n) is 9.10. The van der Waals surface area contributed by atoms with Crippen LogP contribution in [0.4, 0.5) is 4.39 Å². The fourth-order valence-electron chi connectivity index (χ4n) is 4.39. The van der Waals surface area contributed by atoms with Gasteiger partial charge in [0.2, 0.25) is 5.91 Å². The first kappa shape index (κ1) is 26.2. The van der Waals surface area contributed by atoms with Gasteiger partial charge in [-0.1, -0.05) is 50.1 Å². The van der Waals surface area contributed by atoms with Crippen LogP contribution in [0.15, 0.2) is 60.0 Å². The summed E-state index contributed by atoms with van der Waals surface area (Å²) in [6.07, 6.45) is 1.62. The highest BCUT2D eigenvalue weighted by molar-refractivity contribution is 7.10. The minimum Gasteiger partial charge on any atom is -0.488 e. The van der Waals surface area contributed by atoms with E-state index in [1.54, 1.807) is 63.6 Å². The van der Waals surface area contributed by atoms with Crippen LogP contribution in [-0.2, 0) is 11.2 Å². The summed E-state index contributed by atoms with van der Waals surface area (Å²) in [4.78, 5) is 31.6. The summed E-state index contributed by atoms with van der Waals surface area (Å²) in [7, 11) is 0. The van der Waals surface area contributed by atoms with Crippen molar-refractivity contribution in [3.05, 3.63) is 86.8 Å². The topological polar surface area (TPSA) is 49.9 Å². The van der Waals surface area contributed by atoms with Crippen molar-refractivity contribution in [3.63, 3.8) is 0 Å². The van der Waals surface area contributed by atoms with E-state index >= 15 is 0 Å². The molecule has 0 fully saturated rings. The van der Waals surface area contributed by atoms with E-state index in [2.05, 4.69) is 13.8 Å². The lowest BCUT2D eigenvalue weighted by atomic mass is 10.00. The Hall–Kier alpha value is -2.90. The Bertz CT molecular complexity index is 1220. The standard InChI is InChI=1S/C28H30ClFN2O3S/c1-3-19(2)16-31(28(34)20-7-6-8-21(29)15-20)17-27(33)32-13-11-26-22(12-14-36-26)24(32)18-35-25-10-5-4-9-23(25)30/h4-10,12,14-15,19,24H,3,11,13,16-18H2,1-2H3/t19-,24-/m0/s1. The molecule has 2 amide bonds. The lowest BCUT2D eigenvalue weighted by molar-refractivity contribution is -0.135. The summed E-state index contributed by atoms with van der Waals surface area (Å²) in [6.45, 7) is 5.18. The monoisotopic (exact) mass is 528 g/mol. The molecule has 36 heavy (non-hydrogen) atoms. The van der Waals surface area contributed by atoms with Crippen LogP contribution in [0.3, 0.4) is 0 Å². The number of amides is 2. The van der Waals surface area contributed by atoms with E-state index in [9.17, 15) is 14.0 Å². The number of fused-ring (bicyclic) bond motifs is 1. The molecule has 1 aliphatic rings. The van der Waals surface area contributed by atoms with Gasteiger partial charge in [0.1, 0.15) is 13.2 Å². The zero-order chi connectivity index (χ0) is 25.7. The van der Waals surface area contributed by atoms with Crippen LogP contribution in [-0.4, -0.2) is 47.9 Å². The molecule has 0 N–H and O–H groups in total. The first-order valence-electron chi connectivity index (χ1n) is 12.1. The van der Waals surface area contributed by atoms with E-state index in [0.29, 0.717) is 23.7 Å². The van der Waals surface area contributed by atoms with Crippen molar-refractivity contribution in [1.82, 2.24) is 9.80 Å². The number of thiophene rings is 1. The van der Waals surface area contributed by atoms with Crippen LogP contribution >= 0.6 is 22.9 Å². The maximum Gasteiger partial charge on any atom is 0.254 e. The predicted octanol–water partition coefficient (Wildman–Crippen LogP) is 6.23. The average Bonchev–Trinajstić information content (AvgIpc) is 3.36. The summed E-state index contributed by atoms with van der Waals surface area (Å²) in [5.41, 5.74) is 1.47.